The van der Waals surface area contributed by atoms with Crippen LogP contribution in [-0.4, -0.2) is 12.6 Å². The summed E-state index contributed by atoms with van der Waals surface area (Å²) < 4.78 is 5.80. The third kappa shape index (κ3) is 4.99. The summed E-state index contributed by atoms with van der Waals surface area (Å²) in [5.74, 6) is 5.75. The van der Waals surface area contributed by atoms with Crippen molar-refractivity contribution in [3.05, 3.63) is 34.3 Å². The second kappa shape index (κ2) is 7.08. The average Bonchev–Trinajstić information content (AvgIpc) is 2.25. The highest BCUT2D eigenvalue weighted by molar-refractivity contribution is 9.10. The fourth-order valence-electron chi connectivity index (χ4n) is 1.13. The van der Waals surface area contributed by atoms with E-state index in [-0.39, 0.29) is 5.97 Å². The van der Waals surface area contributed by atoms with Gasteiger partial charge in [-0.25, -0.2) is 0 Å². The highest BCUT2D eigenvalue weighted by atomic mass is 79.9. The van der Waals surface area contributed by atoms with Crippen molar-refractivity contribution in [1.29, 1.82) is 0 Å². The topological polar surface area (TPSA) is 26.3 Å². The van der Waals surface area contributed by atoms with E-state index in [4.69, 9.17) is 4.74 Å². The van der Waals surface area contributed by atoms with Crippen LogP contribution in [0.1, 0.15) is 25.3 Å². The Balaban J connectivity index is 2.41. The van der Waals surface area contributed by atoms with Gasteiger partial charge in [0, 0.05) is 16.5 Å². The number of halogens is 1. The van der Waals surface area contributed by atoms with Crippen molar-refractivity contribution in [3.63, 3.8) is 0 Å². The molecule has 0 heterocycles. The van der Waals surface area contributed by atoms with Crippen molar-refractivity contribution < 1.29 is 9.53 Å². The van der Waals surface area contributed by atoms with Crippen LogP contribution in [0.5, 0.6) is 0 Å². The van der Waals surface area contributed by atoms with Crippen molar-refractivity contribution in [2.24, 2.45) is 0 Å². The molecule has 0 aromatic heterocycles. The van der Waals surface area contributed by atoms with E-state index in [2.05, 4.69) is 27.8 Å². The molecule has 0 amide bonds. The lowest BCUT2D eigenvalue weighted by Gasteiger charge is -1.96. The molecule has 0 radical (unpaired) electrons. The molecule has 0 saturated heterocycles. The summed E-state index contributed by atoms with van der Waals surface area (Å²) in [6.07, 6.45) is 0.889. The maximum atomic E-state index is 11.0. The molecule has 0 spiro atoms. The first-order valence-electron chi connectivity index (χ1n) is 5.12. The Labute approximate surface area is 104 Å². The molecule has 0 N–H and O–H groups in total. The minimum absolute atomic E-state index is 0.189. The van der Waals surface area contributed by atoms with Gasteiger partial charge in [0.15, 0.2) is 0 Å². The number of benzene rings is 1. The van der Waals surface area contributed by atoms with Crippen LogP contribution in [0.25, 0.3) is 0 Å². The average molecular weight is 281 g/mol. The van der Waals surface area contributed by atoms with Crippen LogP contribution in [-0.2, 0) is 9.53 Å². The quantitative estimate of drug-likeness (QED) is 0.628. The van der Waals surface area contributed by atoms with E-state index >= 15 is 0 Å². The van der Waals surface area contributed by atoms with Crippen molar-refractivity contribution >= 4 is 21.9 Å². The summed E-state index contributed by atoms with van der Waals surface area (Å²) in [6, 6.07) is 7.75. The number of ether oxygens (including phenoxy) is 1. The van der Waals surface area contributed by atoms with Gasteiger partial charge in [0.2, 0.25) is 0 Å². The van der Waals surface area contributed by atoms with Gasteiger partial charge in [-0.15, -0.1) is 0 Å². The van der Waals surface area contributed by atoms with E-state index in [1.807, 2.05) is 24.3 Å². The van der Waals surface area contributed by atoms with E-state index in [1.165, 1.54) is 0 Å². The minimum atomic E-state index is -0.189. The minimum Gasteiger partial charge on any atom is -0.466 e. The monoisotopic (exact) mass is 280 g/mol. The van der Waals surface area contributed by atoms with Gasteiger partial charge in [-0.05, 0) is 25.1 Å². The first kappa shape index (κ1) is 12.8. The fourth-order valence-corrected chi connectivity index (χ4v) is 1.53. The Morgan fingerprint density at radius 1 is 1.50 bits per heavy atom. The zero-order valence-corrected chi connectivity index (χ0v) is 10.7. The van der Waals surface area contributed by atoms with Gasteiger partial charge in [0.25, 0.3) is 0 Å². The van der Waals surface area contributed by atoms with Crippen LogP contribution < -0.4 is 0 Å². The molecule has 0 atom stereocenters. The summed E-state index contributed by atoms with van der Waals surface area (Å²) in [6.45, 7) is 2.23. The number of hydrogen-bond acceptors (Lipinski definition) is 2. The maximum absolute atomic E-state index is 11.0. The SMILES string of the molecule is CCOC(=O)CCC#Cc1cccc(Br)c1. The molecule has 1 aromatic rings. The number of hydrogen-bond donors (Lipinski definition) is 0. The van der Waals surface area contributed by atoms with Crippen LogP contribution in [0, 0.1) is 11.8 Å². The summed E-state index contributed by atoms with van der Waals surface area (Å²) >= 11 is 3.37. The van der Waals surface area contributed by atoms with Crippen LogP contribution in [0.4, 0.5) is 0 Å². The second-order valence-electron chi connectivity index (χ2n) is 3.12. The molecule has 16 heavy (non-hydrogen) atoms. The highest BCUT2D eigenvalue weighted by Crippen LogP contribution is 2.10. The molecule has 1 rings (SSSR count). The lowest BCUT2D eigenvalue weighted by molar-refractivity contribution is -0.142. The number of rotatable bonds is 3. The van der Waals surface area contributed by atoms with Crippen molar-refractivity contribution in [2.45, 2.75) is 19.8 Å². The molecular weight excluding hydrogens is 268 g/mol. The van der Waals surface area contributed by atoms with E-state index in [0.717, 1.165) is 10.0 Å². The van der Waals surface area contributed by atoms with E-state index < -0.39 is 0 Å². The Bertz CT molecular complexity index is 415. The Kier molecular flexibility index (Phi) is 5.66. The third-order valence-corrected chi connectivity index (χ3v) is 2.31. The summed E-state index contributed by atoms with van der Waals surface area (Å²) in [4.78, 5) is 11.0. The lowest BCUT2D eigenvalue weighted by Crippen LogP contribution is -2.02. The standard InChI is InChI=1S/C13H13BrO2/c1-2-16-13(15)9-4-3-6-11-7-5-8-12(14)10-11/h5,7-8,10H,2,4,9H2,1H3. The first-order valence-corrected chi connectivity index (χ1v) is 5.91. The Hall–Kier alpha value is -1.27. The molecule has 2 nitrogen and oxygen atoms in total. The molecule has 0 aliphatic carbocycles. The molecule has 0 unspecified atom stereocenters. The number of esters is 1. The molecule has 1 aromatic carbocycles. The molecular formula is C13H13BrO2. The number of carbonyl (C=O) groups is 1. The van der Waals surface area contributed by atoms with Gasteiger partial charge in [-0.1, -0.05) is 33.8 Å². The smallest absolute Gasteiger partial charge is 0.306 e. The van der Waals surface area contributed by atoms with Gasteiger partial charge in [0.05, 0.1) is 13.0 Å². The van der Waals surface area contributed by atoms with Crippen LogP contribution in [0.3, 0.4) is 0 Å². The molecule has 0 aliphatic heterocycles. The normalized spacial score (nSPS) is 9.12. The highest BCUT2D eigenvalue weighted by Gasteiger charge is 1.97. The largest absolute Gasteiger partial charge is 0.466 e. The summed E-state index contributed by atoms with van der Waals surface area (Å²) in [7, 11) is 0. The third-order valence-electron chi connectivity index (χ3n) is 1.82. The van der Waals surface area contributed by atoms with Gasteiger partial charge < -0.3 is 4.74 Å². The van der Waals surface area contributed by atoms with Crippen molar-refractivity contribution in [3.8, 4) is 11.8 Å². The van der Waals surface area contributed by atoms with Crippen LogP contribution >= 0.6 is 15.9 Å². The molecule has 0 fully saturated rings. The van der Waals surface area contributed by atoms with E-state index in [1.54, 1.807) is 6.92 Å². The fraction of sp³-hybridized carbons (Fsp3) is 0.308. The van der Waals surface area contributed by atoms with Gasteiger partial charge >= 0.3 is 5.97 Å². The summed E-state index contributed by atoms with van der Waals surface area (Å²) in [5, 5.41) is 0. The number of carbonyl (C=O) groups excluding carboxylic acids is 1. The van der Waals surface area contributed by atoms with Crippen LogP contribution in [0.15, 0.2) is 28.7 Å². The summed E-state index contributed by atoms with van der Waals surface area (Å²) in [5.41, 5.74) is 0.943. The predicted molar refractivity (Wildman–Crippen MR) is 66.9 cm³/mol. The first-order chi connectivity index (χ1) is 7.72. The Morgan fingerprint density at radius 2 is 2.31 bits per heavy atom. The van der Waals surface area contributed by atoms with E-state index in [9.17, 15) is 4.79 Å². The zero-order valence-electron chi connectivity index (χ0n) is 9.13. The lowest BCUT2D eigenvalue weighted by atomic mass is 10.2. The molecule has 3 heteroatoms. The van der Waals surface area contributed by atoms with E-state index in [0.29, 0.717) is 19.4 Å². The van der Waals surface area contributed by atoms with Crippen molar-refractivity contribution in [2.75, 3.05) is 6.61 Å². The van der Waals surface area contributed by atoms with Gasteiger partial charge in [-0.3, -0.25) is 4.79 Å². The maximum Gasteiger partial charge on any atom is 0.306 e. The zero-order chi connectivity index (χ0) is 11.8. The van der Waals surface area contributed by atoms with Crippen molar-refractivity contribution in [1.82, 2.24) is 0 Å². The molecule has 0 bridgehead atoms. The van der Waals surface area contributed by atoms with Gasteiger partial charge in [0.1, 0.15) is 0 Å². The second-order valence-corrected chi connectivity index (χ2v) is 4.03. The molecule has 0 aliphatic rings. The predicted octanol–water partition coefficient (Wildman–Crippen LogP) is 3.14. The molecule has 84 valence electrons. The van der Waals surface area contributed by atoms with Crippen LogP contribution in [0.2, 0.25) is 0 Å². The van der Waals surface area contributed by atoms with Gasteiger partial charge in [-0.2, -0.15) is 0 Å². The Morgan fingerprint density at radius 3 is 3.00 bits per heavy atom. The molecule has 0 saturated carbocycles.